The summed E-state index contributed by atoms with van der Waals surface area (Å²) in [5.74, 6) is 0. The molecule has 102 valence electrons. The molecule has 1 N–H and O–H groups in total. The first-order valence-electron chi connectivity index (χ1n) is 6.59. The van der Waals surface area contributed by atoms with Crippen LogP contribution < -0.4 is 10.1 Å². The van der Waals surface area contributed by atoms with Crippen LogP contribution in [0.15, 0.2) is 6.07 Å². The van der Waals surface area contributed by atoms with E-state index in [1.165, 1.54) is 0 Å². The second kappa shape index (κ2) is 6.69. The van der Waals surface area contributed by atoms with Crippen LogP contribution in [0.4, 0.5) is 0 Å². The summed E-state index contributed by atoms with van der Waals surface area (Å²) in [5, 5.41) is 3.25. The molecule has 0 atom stereocenters. The van der Waals surface area contributed by atoms with Gasteiger partial charge in [-0.25, -0.2) is 4.98 Å². The van der Waals surface area contributed by atoms with E-state index in [2.05, 4.69) is 43.0 Å². The molecule has 1 heterocycles. The van der Waals surface area contributed by atoms with Crippen molar-refractivity contribution >= 4 is 0 Å². The summed E-state index contributed by atoms with van der Waals surface area (Å²) in [6, 6.07) is 2.48. The number of hydrogen-bond donors (Lipinski definition) is 1. The number of hydrogen-bond acceptors (Lipinski definition) is 4. The van der Waals surface area contributed by atoms with Crippen LogP contribution in [0.5, 0.6) is 6.01 Å². The Morgan fingerprint density at radius 3 is 2.61 bits per heavy atom. The van der Waals surface area contributed by atoms with Crippen molar-refractivity contribution in [2.45, 2.75) is 47.6 Å². The van der Waals surface area contributed by atoms with Crippen LogP contribution in [-0.4, -0.2) is 23.1 Å². The van der Waals surface area contributed by atoms with E-state index in [4.69, 9.17) is 4.74 Å². The van der Waals surface area contributed by atoms with Crippen LogP contribution in [0.25, 0.3) is 0 Å². The van der Waals surface area contributed by atoms with Gasteiger partial charge in [0.25, 0.3) is 0 Å². The van der Waals surface area contributed by atoms with Crippen molar-refractivity contribution in [3.05, 3.63) is 17.5 Å². The van der Waals surface area contributed by atoms with Crippen LogP contribution >= 0.6 is 0 Å². The van der Waals surface area contributed by atoms with Crippen molar-refractivity contribution in [3.8, 4) is 6.01 Å². The summed E-state index contributed by atoms with van der Waals surface area (Å²) >= 11 is 0. The van der Waals surface area contributed by atoms with E-state index in [1.807, 2.05) is 13.0 Å². The predicted octanol–water partition coefficient (Wildman–Crippen LogP) is 2.71. The lowest BCUT2D eigenvalue weighted by Crippen LogP contribution is -2.15. The molecule has 0 saturated carbocycles. The minimum absolute atomic E-state index is 0.274. The zero-order valence-electron chi connectivity index (χ0n) is 12.2. The highest BCUT2D eigenvalue weighted by Crippen LogP contribution is 2.18. The fourth-order valence-electron chi connectivity index (χ4n) is 1.46. The van der Waals surface area contributed by atoms with Crippen molar-refractivity contribution in [2.24, 2.45) is 5.41 Å². The average Bonchev–Trinajstić information content (AvgIpc) is 2.24. The zero-order chi connectivity index (χ0) is 13.6. The van der Waals surface area contributed by atoms with Gasteiger partial charge in [0, 0.05) is 12.2 Å². The Morgan fingerprint density at radius 2 is 2.00 bits per heavy atom. The molecule has 1 rings (SSSR count). The smallest absolute Gasteiger partial charge is 0.316 e. The second-order valence-electron chi connectivity index (χ2n) is 5.72. The van der Waals surface area contributed by atoms with Gasteiger partial charge in [-0.1, -0.05) is 27.7 Å². The Kier molecular flexibility index (Phi) is 5.54. The molecule has 18 heavy (non-hydrogen) atoms. The minimum atomic E-state index is 0.274. The van der Waals surface area contributed by atoms with E-state index in [0.29, 0.717) is 12.6 Å². The Hall–Kier alpha value is -1.16. The largest absolute Gasteiger partial charge is 0.463 e. The fraction of sp³-hybridized carbons (Fsp3) is 0.714. The maximum Gasteiger partial charge on any atom is 0.316 e. The third kappa shape index (κ3) is 5.96. The van der Waals surface area contributed by atoms with Crippen LogP contribution in [-0.2, 0) is 6.54 Å². The van der Waals surface area contributed by atoms with Crippen molar-refractivity contribution in [1.82, 2.24) is 15.3 Å². The highest BCUT2D eigenvalue weighted by Gasteiger charge is 2.11. The molecular weight excluding hydrogens is 226 g/mol. The highest BCUT2D eigenvalue weighted by molar-refractivity contribution is 5.12. The Labute approximate surface area is 110 Å². The van der Waals surface area contributed by atoms with Crippen LogP contribution in [0, 0.1) is 12.3 Å². The minimum Gasteiger partial charge on any atom is -0.463 e. The van der Waals surface area contributed by atoms with E-state index in [0.717, 1.165) is 30.9 Å². The molecule has 0 unspecified atom stereocenters. The molecule has 0 fully saturated rings. The van der Waals surface area contributed by atoms with E-state index in [-0.39, 0.29) is 5.41 Å². The monoisotopic (exact) mass is 251 g/mol. The summed E-state index contributed by atoms with van der Waals surface area (Å²) in [6.07, 6.45) is 0.993. The Bertz CT molecular complexity index is 372. The summed E-state index contributed by atoms with van der Waals surface area (Å²) in [7, 11) is 0. The quantitative estimate of drug-likeness (QED) is 0.844. The molecule has 4 heteroatoms. The topological polar surface area (TPSA) is 47.0 Å². The van der Waals surface area contributed by atoms with Crippen LogP contribution in [0.1, 0.15) is 45.5 Å². The van der Waals surface area contributed by atoms with Crippen molar-refractivity contribution < 1.29 is 4.74 Å². The van der Waals surface area contributed by atoms with Crippen LogP contribution in [0.2, 0.25) is 0 Å². The van der Waals surface area contributed by atoms with Gasteiger partial charge >= 0.3 is 6.01 Å². The van der Waals surface area contributed by atoms with Crippen molar-refractivity contribution in [3.63, 3.8) is 0 Å². The maximum absolute atomic E-state index is 5.63. The number of aromatic nitrogens is 2. The normalized spacial score (nSPS) is 11.6. The van der Waals surface area contributed by atoms with Gasteiger partial charge < -0.3 is 10.1 Å². The molecule has 0 radical (unpaired) electrons. The number of ether oxygens (including phenoxy) is 1. The highest BCUT2D eigenvalue weighted by atomic mass is 16.5. The maximum atomic E-state index is 5.63. The lowest BCUT2D eigenvalue weighted by Gasteiger charge is -2.17. The standard InChI is InChI=1S/C14H25N3O/c1-6-15-10-12-9-11(2)16-13(17-12)18-8-7-14(3,4)5/h9,15H,6-8,10H2,1-5H3. The lowest BCUT2D eigenvalue weighted by molar-refractivity contribution is 0.228. The number of rotatable bonds is 6. The fourth-order valence-corrected chi connectivity index (χ4v) is 1.46. The number of nitrogens with one attached hydrogen (secondary N) is 1. The van der Waals surface area contributed by atoms with Gasteiger partial charge in [0.15, 0.2) is 0 Å². The second-order valence-corrected chi connectivity index (χ2v) is 5.72. The molecule has 0 aliphatic heterocycles. The lowest BCUT2D eigenvalue weighted by atomic mass is 9.93. The summed E-state index contributed by atoms with van der Waals surface area (Å²) in [5.41, 5.74) is 2.20. The summed E-state index contributed by atoms with van der Waals surface area (Å²) in [6.45, 7) is 13.0. The molecule has 1 aromatic heterocycles. The van der Waals surface area contributed by atoms with Gasteiger partial charge in [0.2, 0.25) is 0 Å². The third-order valence-corrected chi connectivity index (χ3v) is 2.53. The van der Waals surface area contributed by atoms with Gasteiger partial charge in [-0.2, -0.15) is 4.98 Å². The molecule has 0 spiro atoms. The van der Waals surface area contributed by atoms with E-state index < -0.39 is 0 Å². The van der Waals surface area contributed by atoms with Gasteiger partial charge in [0.05, 0.1) is 12.3 Å². The van der Waals surface area contributed by atoms with Gasteiger partial charge in [-0.15, -0.1) is 0 Å². The Morgan fingerprint density at radius 1 is 1.28 bits per heavy atom. The Balaban J connectivity index is 2.57. The molecule has 0 amide bonds. The predicted molar refractivity (Wildman–Crippen MR) is 73.7 cm³/mol. The van der Waals surface area contributed by atoms with Crippen molar-refractivity contribution in [2.75, 3.05) is 13.2 Å². The van der Waals surface area contributed by atoms with E-state index in [1.54, 1.807) is 0 Å². The number of nitrogens with zero attached hydrogens (tertiary/aromatic N) is 2. The molecule has 4 nitrogen and oxygen atoms in total. The molecule has 0 aliphatic rings. The van der Waals surface area contributed by atoms with E-state index in [9.17, 15) is 0 Å². The molecule has 0 saturated heterocycles. The van der Waals surface area contributed by atoms with Crippen LogP contribution in [0.3, 0.4) is 0 Å². The average molecular weight is 251 g/mol. The van der Waals surface area contributed by atoms with E-state index >= 15 is 0 Å². The van der Waals surface area contributed by atoms with Gasteiger partial charge in [0.1, 0.15) is 0 Å². The summed E-state index contributed by atoms with van der Waals surface area (Å²) in [4.78, 5) is 8.70. The first-order chi connectivity index (χ1) is 8.40. The summed E-state index contributed by atoms with van der Waals surface area (Å²) < 4.78 is 5.63. The third-order valence-electron chi connectivity index (χ3n) is 2.53. The zero-order valence-corrected chi connectivity index (χ0v) is 12.2. The van der Waals surface area contributed by atoms with Gasteiger partial charge in [-0.05, 0) is 31.4 Å². The van der Waals surface area contributed by atoms with Gasteiger partial charge in [-0.3, -0.25) is 0 Å². The first kappa shape index (κ1) is 14.9. The molecule has 0 aromatic carbocycles. The molecule has 1 aromatic rings. The molecule has 0 aliphatic carbocycles. The first-order valence-corrected chi connectivity index (χ1v) is 6.59. The molecule has 0 bridgehead atoms. The SMILES string of the molecule is CCNCc1cc(C)nc(OCCC(C)(C)C)n1. The van der Waals surface area contributed by atoms with Crippen molar-refractivity contribution in [1.29, 1.82) is 0 Å². The molecular formula is C14H25N3O. The number of aryl methyl sites for hydroxylation is 1.